The summed E-state index contributed by atoms with van der Waals surface area (Å²) in [7, 11) is 1.56. The Morgan fingerprint density at radius 1 is 1.56 bits per heavy atom. The van der Waals surface area contributed by atoms with Crippen LogP contribution in [0.1, 0.15) is 5.56 Å². The zero-order chi connectivity index (χ0) is 13.4. The third-order valence-corrected chi connectivity index (χ3v) is 2.15. The number of hydrogen-bond donors (Lipinski definition) is 2. The second-order valence-electron chi connectivity index (χ2n) is 3.47. The fraction of sp³-hybridized carbons (Fsp3) is 0.333. The quantitative estimate of drug-likeness (QED) is 0.685. The molecule has 0 aromatic heterocycles. The van der Waals surface area contributed by atoms with E-state index >= 15 is 0 Å². The molecule has 0 unspecified atom stereocenters. The molecule has 1 aromatic carbocycles. The topological polar surface area (TPSA) is 97.4 Å². The van der Waals surface area contributed by atoms with Gasteiger partial charge in [-0.15, -0.1) is 0 Å². The van der Waals surface area contributed by atoms with Crippen LogP contribution < -0.4 is 15.8 Å². The monoisotopic (exact) mass is 249 g/mol. The summed E-state index contributed by atoms with van der Waals surface area (Å²) in [5.74, 6) is 0.156. The number of ether oxygens (including phenoxy) is 2. The van der Waals surface area contributed by atoms with Crippen molar-refractivity contribution >= 4 is 11.6 Å². The summed E-state index contributed by atoms with van der Waals surface area (Å²) in [5, 5.41) is 12.0. The minimum absolute atomic E-state index is 0.106. The Balaban J connectivity index is 2.50. The van der Waals surface area contributed by atoms with Crippen molar-refractivity contribution in [2.24, 2.45) is 5.73 Å². The van der Waals surface area contributed by atoms with Crippen LogP contribution in [0.25, 0.3) is 0 Å². The van der Waals surface area contributed by atoms with Crippen molar-refractivity contribution in [2.45, 2.75) is 0 Å². The van der Waals surface area contributed by atoms with E-state index in [1.54, 1.807) is 25.3 Å². The summed E-state index contributed by atoms with van der Waals surface area (Å²) < 4.78 is 10.1. The Bertz CT molecular complexity index is 454. The zero-order valence-electron chi connectivity index (χ0n) is 10.1. The van der Waals surface area contributed by atoms with Crippen LogP contribution in [0.4, 0.5) is 5.69 Å². The maximum atomic E-state index is 10.4. The van der Waals surface area contributed by atoms with Gasteiger partial charge in [0.1, 0.15) is 18.4 Å². The van der Waals surface area contributed by atoms with Crippen LogP contribution in [-0.2, 0) is 9.53 Å². The highest BCUT2D eigenvalue weighted by Crippen LogP contribution is 2.21. The Morgan fingerprint density at radius 3 is 2.94 bits per heavy atom. The van der Waals surface area contributed by atoms with Crippen LogP contribution in [-0.4, -0.2) is 32.8 Å². The molecule has 0 fully saturated rings. The lowest BCUT2D eigenvalue weighted by atomic mass is 10.2. The molecule has 0 atom stereocenters. The highest BCUT2D eigenvalue weighted by molar-refractivity contribution is 5.74. The number of anilines is 1. The molecule has 18 heavy (non-hydrogen) atoms. The molecular weight excluding hydrogens is 234 g/mol. The maximum Gasteiger partial charge on any atom is 0.243 e. The Morgan fingerprint density at radius 2 is 2.33 bits per heavy atom. The molecule has 1 aromatic rings. The largest absolute Gasteiger partial charge is 0.497 e. The second kappa shape index (κ2) is 7.14. The van der Waals surface area contributed by atoms with E-state index in [9.17, 15) is 4.79 Å². The average molecular weight is 249 g/mol. The van der Waals surface area contributed by atoms with Crippen LogP contribution >= 0.6 is 0 Å². The number of nitrogens with one attached hydrogen (secondary N) is 1. The smallest absolute Gasteiger partial charge is 0.243 e. The molecule has 1 rings (SSSR count). The van der Waals surface area contributed by atoms with Gasteiger partial charge < -0.3 is 20.5 Å². The van der Waals surface area contributed by atoms with Gasteiger partial charge in [-0.2, -0.15) is 5.26 Å². The van der Waals surface area contributed by atoms with E-state index in [4.69, 9.17) is 20.5 Å². The van der Waals surface area contributed by atoms with Crippen molar-refractivity contribution in [1.29, 1.82) is 5.26 Å². The first-order chi connectivity index (χ1) is 8.67. The molecule has 1 amide bonds. The molecule has 96 valence electrons. The van der Waals surface area contributed by atoms with Crippen LogP contribution in [0, 0.1) is 11.3 Å². The van der Waals surface area contributed by atoms with Gasteiger partial charge in [-0.3, -0.25) is 4.79 Å². The first kappa shape index (κ1) is 13.8. The molecule has 0 bridgehead atoms. The van der Waals surface area contributed by atoms with Crippen molar-refractivity contribution in [3.63, 3.8) is 0 Å². The second-order valence-corrected chi connectivity index (χ2v) is 3.47. The number of nitrogens with zero attached hydrogens (tertiary/aromatic N) is 1. The number of primary amides is 1. The lowest BCUT2D eigenvalue weighted by Crippen LogP contribution is -2.20. The van der Waals surface area contributed by atoms with E-state index in [0.29, 0.717) is 30.2 Å². The Labute approximate surface area is 105 Å². The Kier molecular flexibility index (Phi) is 5.48. The van der Waals surface area contributed by atoms with E-state index < -0.39 is 5.91 Å². The predicted octanol–water partition coefficient (Wildman–Crippen LogP) is 0.481. The Hall–Kier alpha value is -2.26. The fourth-order valence-corrected chi connectivity index (χ4v) is 1.32. The first-order valence-electron chi connectivity index (χ1n) is 5.35. The molecule has 0 radical (unpaired) electrons. The minimum Gasteiger partial charge on any atom is -0.497 e. The summed E-state index contributed by atoms with van der Waals surface area (Å²) in [6.45, 7) is 0.686. The lowest BCUT2D eigenvalue weighted by molar-refractivity contribution is -0.122. The SMILES string of the molecule is COc1ccc(C#N)c(NCCOCC(N)=O)c1. The first-order valence-corrected chi connectivity index (χ1v) is 5.35. The molecule has 0 aliphatic rings. The molecule has 0 saturated carbocycles. The predicted molar refractivity (Wildman–Crippen MR) is 66.2 cm³/mol. The number of nitrogens with two attached hydrogens (primary N) is 1. The van der Waals surface area contributed by atoms with Crippen LogP contribution in [0.3, 0.4) is 0 Å². The molecule has 6 heteroatoms. The highest BCUT2D eigenvalue weighted by atomic mass is 16.5. The van der Waals surface area contributed by atoms with E-state index in [1.807, 2.05) is 0 Å². The van der Waals surface area contributed by atoms with Gasteiger partial charge in [-0.1, -0.05) is 0 Å². The standard InChI is InChI=1S/C12H15N3O3/c1-17-10-3-2-9(7-13)11(6-10)15-4-5-18-8-12(14)16/h2-3,6,15H,4-5,8H2,1H3,(H2,14,16). The summed E-state index contributed by atoms with van der Waals surface area (Å²) in [4.78, 5) is 10.4. The van der Waals surface area contributed by atoms with Gasteiger partial charge in [0.05, 0.1) is 25.0 Å². The van der Waals surface area contributed by atoms with E-state index in [-0.39, 0.29) is 6.61 Å². The van der Waals surface area contributed by atoms with Crippen molar-refractivity contribution in [3.8, 4) is 11.8 Å². The van der Waals surface area contributed by atoms with E-state index in [0.717, 1.165) is 0 Å². The lowest BCUT2D eigenvalue weighted by Gasteiger charge is -2.09. The molecule has 0 aliphatic carbocycles. The number of carbonyl (C=O) groups is 1. The fourth-order valence-electron chi connectivity index (χ4n) is 1.32. The number of hydrogen-bond acceptors (Lipinski definition) is 5. The van der Waals surface area contributed by atoms with E-state index in [2.05, 4.69) is 11.4 Å². The van der Waals surface area contributed by atoms with Gasteiger partial charge in [0, 0.05) is 12.6 Å². The third-order valence-electron chi connectivity index (χ3n) is 2.15. The summed E-state index contributed by atoms with van der Waals surface area (Å²) >= 11 is 0. The number of nitriles is 1. The van der Waals surface area contributed by atoms with Crippen molar-refractivity contribution in [3.05, 3.63) is 23.8 Å². The average Bonchev–Trinajstić information content (AvgIpc) is 2.37. The normalized spacial score (nSPS) is 9.56. The van der Waals surface area contributed by atoms with Gasteiger partial charge in [-0.25, -0.2) is 0 Å². The maximum absolute atomic E-state index is 10.4. The van der Waals surface area contributed by atoms with Gasteiger partial charge in [0.25, 0.3) is 0 Å². The van der Waals surface area contributed by atoms with Crippen LogP contribution in [0.5, 0.6) is 5.75 Å². The third kappa shape index (κ3) is 4.31. The number of rotatable bonds is 7. The molecule has 0 saturated heterocycles. The van der Waals surface area contributed by atoms with Gasteiger partial charge in [0.15, 0.2) is 0 Å². The molecule has 6 nitrogen and oxygen atoms in total. The molecule has 0 spiro atoms. The summed E-state index contributed by atoms with van der Waals surface area (Å²) in [6, 6.07) is 7.19. The number of methoxy groups -OCH3 is 1. The molecule has 0 heterocycles. The van der Waals surface area contributed by atoms with Crippen molar-refractivity contribution < 1.29 is 14.3 Å². The summed E-state index contributed by atoms with van der Waals surface area (Å²) in [6.07, 6.45) is 0. The molecule has 3 N–H and O–H groups in total. The number of benzene rings is 1. The number of amides is 1. The van der Waals surface area contributed by atoms with Crippen LogP contribution in [0.15, 0.2) is 18.2 Å². The molecular formula is C12H15N3O3. The van der Waals surface area contributed by atoms with Gasteiger partial charge in [-0.05, 0) is 12.1 Å². The molecule has 0 aliphatic heterocycles. The van der Waals surface area contributed by atoms with E-state index in [1.165, 1.54) is 0 Å². The van der Waals surface area contributed by atoms with Crippen molar-refractivity contribution in [2.75, 3.05) is 32.2 Å². The summed E-state index contributed by atoms with van der Waals surface area (Å²) in [5.41, 5.74) is 6.11. The van der Waals surface area contributed by atoms with Crippen LogP contribution in [0.2, 0.25) is 0 Å². The minimum atomic E-state index is -0.505. The highest BCUT2D eigenvalue weighted by Gasteiger charge is 2.03. The van der Waals surface area contributed by atoms with Gasteiger partial charge in [0.2, 0.25) is 5.91 Å². The van der Waals surface area contributed by atoms with Crippen molar-refractivity contribution in [1.82, 2.24) is 0 Å². The number of carbonyl (C=O) groups excluding carboxylic acids is 1. The van der Waals surface area contributed by atoms with Gasteiger partial charge >= 0.3 is 0 Å². The zero-order valence-corrected chi connectivity index (χ0v) is 10.1.